The van der Waals surface area contributed by atoms with E-state index in [0.717, 1.165) is 9.90 Å². The zero-order valence-electron chi connectivity index (χ0n) is 11.8. The van der Waals surface area contributed by atoms with E-state index in [0.29, 0.717) is 11.7 Å². The monoisotopic (exact) mass is 318 g/mol. The SMILES string of the molecule is O=C(CSc1nncs1)c1ccc(C2CCCCC2)cc1. The van der Waals surface area contributed by atoms with E-state index in [4.69, 9.17) is 0 Å². The average molecular weight is 318 g/mol. The number of hydrogen-bond acceptors (Lipinski definition) is 5. The Morgan fingerprint density at radius 2 is 1.95 bits per heavy atom. The van der Waals surface area contributed by atoms with Crippen LogP contribution >= 0.6 is 23.1 Å². The van der Waals surface area contributed by atoms with Gasteiger partial charge in [-0.2, -0.15) is 0 Å². The molecule has 1 aromatic carbocycles. The first kappa shape index (κ1) is 14.7. The molecule has 110 valence electrons. The Morgan fingerprint density at radius 3 is 2.62 bits per heavy atom. The molecule has 1 fully saturated rings. The first-order valence-corrected chi connectivity index (χ1v) is 9.21. The number of nitrogens with zero attached hydrogens (tertiary/aromatic N) is 2. The van der Waals surface area contributed by atoms with Gasteiger partial charge in [0.05, 0.1) is 5.75 Å². The molecule has 0 unspecified atom stereocenters. The van der Waals surface area contributed by atoms with Crippen LogP contribution in [-0.4, -0.2) is 21.7 Å². The largest absolute Gasteiger partial charge is 0.293 e. The van der Waals surface area contributed by atoms with E-state index in [1.807, 2.05) is 12.1 Å². The summed E-state index contributed by atoms with van der Waals surface area (Å²) in [6.07, 6.45) is 6.63. The van der Waals surface area contributed by atoms with Crippen LogP contribution < -0.4 is 0 Å². The third-order valence-corrected chi connectivity index (χ3v) is 5.84. The fourth-order valence-corrected chi connectivity index (χ4v) is 4.20. The van der Waals surface area contributed by atoms with Crippen LogP contribution in [0.25, 0.3) is 0 Å². The van der Waals surface area contributed by atoms with Crippen molar-refractivity contribution in [1.82, 2.24) is 10.2 Å². The number of hydrogen-bond donors (Lipinski definition) is 0. The molecule has 1 heterocycles. The van der Waals surface area contributed by atoms with Gasteiger partial charge in [0.15, 0.2) is 10.1 Å². The molecule has 1 aliphatic carbocycles. The normalized spacial score (nSPS) is 16.0. The van der Waals surface area contributed by atoms with Gasteiger partial charge in [0.1, 0.15) is 5.51 Å². The topological polar surface area (TPSA) is 42.9 Å². The second-order valence-electron chi connectivity index (χ2n) is 5.37. The number of carbonyl (C=O) groups is 1. The summed E-state index contributed by atoms with van der Waals surface area (Å²) in [4.78, 5) is 12.2. The summed E-state index contributed by atoms with van der Waals surface area (Å²) in [7, 11) is 0. The van der Waals surface area contributed by atoms with Gasteiger partial charge >= 0.3 is 0 Å². The lowest BCUT2D eigenvalue weighted by Gasteiger charge is -2.22. The minimum Gasteiger partial charge on any atom is -0.293 e. The third kappa shape index (κ3) is 3.92. The lowest BCUT2D eigenvalue weighted by atomic mass is 9.84. The predicted octanol–water partition coefficient (Wildman–Crippen LogP) is 4.56. The van der Waals surface area contributed by atoms with Crippen LogP contribution in [0.5, 0.6) is 0 Å². The van der Waals surface area contributed by atoms with E-state index in [-0.39, 0.29) is 5.78 Å². The molecule has 1 saturated carbocycles. The molecule has 3 rings (SSSR count). The fraction of sp³-hybridized carbons (Fsp3) is 0.438. The molecule has 0 aliphatic heterocycles. The summed E-state index contributed by atoms with van der Waals surface area (Å²) >= 11 is 2.93. The summed E-state index contributed by atoms with van der Waals surface area (Å²) in [6, 6.07) is 8.23. The van der Waals surface area contributed by atoms with Gasteiger partial charge in [-0.25, -0.2) is 0 Å². The average Bonchev–Trinajstić information content (AvgIpc) is 3.07. The van der Waals surface area contributed by atoms with Gasteiger partial charge in [-0.3, -0.25) is 4.79 Å². The lowest BCUT2D eigenvalue weighted by molar-refractivity contribution is 0.102. The van der Waals surface area contributed by atoms with Crippen molar-refractivity contribution in [2.45, 2.75) is 42.4 Å². The quantitative estimate of drug-likeness (QED) is 0.598. The van der Waals surface area contributed by atoms with Crippen molar-refractivity contribution in [3.05, 3.63) is 40.9 Å². The minimum absolute atomic E-state index is 0.158. The van der Waals surface area contributed by atoms with Crippen molar-refractivity contribution in [3.63, 3.8) is 0 Å². The van der Waals surface area contributed by atoms with E-state index in [1.165, 1.54) is 60.8 Å². The van der Waals surface area contributed by atoms with Crippen LogP contribution in [0.4, 0.5) is 0 Å². The summed E-state index contributed by atoms with van der Waals surface area (Å²) in [5, 5.41) is 7.71. The van der Waals surface area contributed by atoms with E-state index in [1.54, 1.807) is 5.51 Å². The van der Waals surface area contributed by atoms with Gasteiger partial charge in [-0.15, -0.1) is 10.2 Å². The Bertz CT molecular complexity index is 575. The van der Waals surface area contributed by atoms with Gasteiger partial charge in [0.25, 0.3) is 0 Å². The van der Waals surface area contributed by atoms with Gasteiger partial charge in [-0.1, -0.05) is 66.6 Å². The maximum Gasteiger partial charge on any atom is 0.174 e. The summed E-state index contributed by atoms with van der Waals surface area (Å²) in [5.41, 5.74) is 3.88. The summed E-state index contributed by atoms with van der Waals surface area (Å²) in [6.45, 7) is 0. The first-order chi connectivity index (χ1) is 10.3. The van der Waals surface area contributed by atoms with Crippen LogP contribution in [0.1, 0.15) is 53.9 Å². The van der Waals surface area contributed by atoms with Gasteiger partial charge in [-0.05, 0) is 24.3 Å². The standard InChI is InChI=1S/C16H18N2OS2/c19-15(10-20-16-18-17-11-21-16)14-8-6-13(7-9-14)12-4-2-1-3-5-12/h6-9,11-12H,1-5,10H2. The Morgan fingerprint density at radius 1 is 1.19 bits per heavy atom. The van der Waals surface area contributed by atoms with Crippen molar-refractivity contribution in [2.24, 2.45) is 0 Å². The Balaban J connectivity index is 1.59. The number of ketones is 1. The summed E-state index contributed by atoms with van der Waals surface area (Å²) < 4.78 is 0.849. The van der Waals surface area contributed by atoms with Crippen molar-refractivity contribution < 1.29 is 4.79 Å². The lowest BCUT2D eigenvalue weighted by Crippen LogP contribution is -2.06. The highest BCUT2D eigenvalue weighted by molar-refractivity contribution is 8.01. The van der Waals surface area contributed by atoms with Gasteiger partial charge in [0, 0.05) is 5.56 Å². The van der Waals surface area contributed by atoms with Crippen molar-refractivity contribution in [2.75, 3.05) is 5.75 Å². The fourth-order valence-electron chi connectivity index (χ4n) is 2.81. The van der Waals surface area contributed by atoms with Crippen LogP contribution in [0, 0.1) is 0 Å². The molecule has 0 saturated heterocycles. The van der Waals surface area contributed by atoms with Gasteiger partial charge < -0.3 is 0 Å². The van der Waals surface area contributed by atoms with E-state index >= 15 is 0 Å². The second-order valence-corrected chi connectivity index (χ2v) is 7.43. The van der Waals surface area contributed by atoms with E-state index in [9.17, 15) is 4.79 Å². The molecule has 3 nitrogen and oxygen atoms in total. The molecule has 0 atom stereocenters. The minimum atomic E-state index is 0.158. The molecule has 0 spiro atoms. The molecule has 0 amide bonds. The molecule has 0 bridgehead atoms. The predicted molar refractivity (Wildman–Crippen MR) is 87.2 cm³/mol. The Labute approximate surface area is 133 Å². The number of thioether (sulfide) groups is 1. The highest BCUT2D eigenvalue weighted by atomic mass is 32.2. The Kier molecular flexibility index (Phi) is 5.04. The van der Waals surface area contributed by atoms with Crippen molar-refractivity contribution >= 4 is 28.9 Å². The number of carbonyl (C=O) groups excluding carboxylic acids is 1. The van der Waals surface area contributed by atoms with Crippen LogP contribution in [0.15, 0.2) is 34.1 Å². The number of rotatable bonds is 5. The van der Waals surface area contributed by atoms with E-state index < -0.39 is 0 Å². The number of aromatic nitrogens is 2. The molecule has 0 radical (unpaired) electrons. The molecule has 1 aromatic heterocycles. The molecule has 21 heavy (non-hydrogen) atoms. The molecular formula is C16H18N2OS2. The third-order valence-electron chi connectivity index (χ3n) is 3.98. The smallest absolute Gasteiger partial charge is 0.174 e. The molecule has 5 heteroatoms. The zero-order valence-corrected chi connectivity index (χ0v) is 13.5. The van der Waals surface area contributed by atoms with Crippen molar-refractivity contribution in [3.8, 4) is 0 Å². The van der Waals surface area contributed by atoms with Crippen LogP contribution in [0.2, 0.25) is 0 Å². The highest BCUT2D eigenvalue weighted by Gasteiger charge is 2.16. The van der Waals surface area contributed by atoms with Gasteiger partial charge in [0.2, 0.25) is 0 Å². The second kappa shape index (κ2) is 7.18. The molecule has 1 aliphatic rings. The number of benzene rings is 1. The first-order valence-electron chi connectivity index (χ1n) is 7.35. The molecular weight excluding hydrogens is 300 g/mol. The van der Waals surface area contributed by atoms with Crippen molar-refractivity contribution in [1.29, 1.82) is 0 Å². The Hall–Kier alpha value is -1.20. The van der Waals surface area contributed by atoms with E-state index in [2.05, 4.69) is 22.3 Å². The molecule has 2 aromatic rings. The van der Waals surface area contributed by atoms with Crippen LogP contribution in [-0.2, 0) is 0 Å². The summed E-state index contributed by atoms with van der Waals surface area (Å²) in [5.74, 6) is 1.28. The maximum absolute atomic E-state index is 12.2. The zero-order chi connectivity index (χ0) is 14.5. The number of Topliss-reactive ketones (excluding diaryl/α,β-unsaturated/α-hetero) is 1. The molecule has 0 N–H and O–H groups in total. The van der Waals surface area contributed by atoms with Crippen LogP contribution in [0.3, 0.4) is 0 Å². The highest BCUT2D eigenvalue weighted by Crippen LogP contribution is 2.32. The maximum atomic E-state index is 12.2.